The topological polar surface area (TPSA) is 85.1 Å². The Morgan fingerprint density at radius 3 is 2.48 bits per heavy atom. The summed E-state index contributed by atoms with van der Waals surface area (Å²) in [7, 11) is -3.57. The standard InChI is InChI=1S/C14H15N3O2S2/c15-14(20)13-7-6-12(10-16-13)21(18,19)17-9-8-11-4-2-1-3-5-11/h1-7,10,17H,8-9H2,(H2,15,20). The number of pyridine rings is 1. The van der Waals surface area contributed by atoms with Crippen LogP contribution in [0.25, 0.3) is 0 Å². The molecule has 1 aromatic carbocycles. The lowest BCUT2D eigenvalue weighted by atomic mass is 10.2. The van der Waals surface area contributed by atoms with Crippen LogP contribution < -0.4 is 10.5 Å². The molecular weight excluding hydrogens is 306 g/mol. The highest BCUT2D eigenvalue weighted by molar-refractivity contribution is 7.89. The molecule has 2 aromatic rings. The summed E-state index contributed by atoms with van der Waals surface area (Å²) in [6.45, 7) is 0.323. The normalized spacial score (nSPS) is 11.2. The Morgan fingerprint density at radius 2 is 1.90 bits per heavy atom. The van der Waals surface area contributed by atoms with Crippen molar-refractivity contribution in [1.82, 2.24) is 9.71 Å². The molecule has 7 heteroatoms. The minimum absolute atomic E-state index is 0.0931. The number of nitrogens with one attached hydrogen (secondary N) is 1. The Hall–Kier alpha value is -1.83. The summed E-state index contributed by atoms with van der Waals surface area (Å²) in [5.74, 6) is 0. The van der Waals surface area contributed by atoms with Crippen molar-refractivity contribution in [2.24, 2.45) is 5.73 Å². The number of benzene rings is 1. The average molecular weight is 321 g/mol. The lowest BCUT2D eigenvalue weighted by molar-refractivity contribution is 0.581. The molecule has 0 aliphatic heterocycles. The van der Waals surface area contributed by atoms with Gasteiger partial charge in [0, 0.05) is 12.7 Å². The Kier molecular flexibility index (Phi) is 5.00. The van der Waals surface area contributed by atoms with E-state index in [2.05, 4.69) is 9.71 Å². The van der Waals surface area contributed by atoms with Gasteiger partial charge in [-0.25, -0.2) is 13.1 Å². The molecule has 0 amide bonds. The lowest BCUT2D eigenvalue weighted by Crippen LogP contribution is -2.26. The van der Waals surface area contributed by atoms with Crippen molar-refractivity contribution >= 4 is 27.2 Å². The van der Waals surface area contributed by atoms with Crippen molar-refractivity contribution < 1.29 is 8.42 Å². The summed E-state index contributed by atoms with van der Waals surface area (Å²) in [5.41, 5.74) is 6.89. The van der Waals surface area contributed by atoms with Crippen LogP contribution in [-0.4, -0.2) is 24.9 Å². The Balaban J connectivity index is 2.00. The highest BCUT2D eigenvalue weighted by atomic mass is 32.2. The fourth-order valence-corrected chi connectivity index (χ4v) is 2.84. The number of rotatable bonds is 6. The summed E-state index contributed by atoms with van der Waals surface area (Å²) >= 11 is 4.77. The second kappa shape index (κ2) is 6.75. The number of thiocarbonyl (C=S) groups is 1. The molecule has 0 atom stereocenters. The van der Waals surface area contributed by atoms with Gasteiger partial charge in [0.05, 0.1) is 5.69 Å². The van der Waals surface area contributed by atoms with Crippen LogP contribution in [0.2, 0.25) is 0 Å². The third-order valence-corrected chi connectivity index (χ3v) is 4.50. The SMILES string of the molecule is NC(=S)c1ccc(S(=O)(=O)NCCc2ccccc2)cn1. The van der Waals surface area contributed by atoms with Gasteiger partial charge in [0.1, 0.15) is 9.88 Å². The molecule has 0 saturated carbocycles. The van der Waals surface area contributed by atoms with Crippen LogP contribution in [0.4, 0.5) is 0 Å². The van der Waals surface area contributed by atoms with Crippen LogP contribution >= 0.6 is 12.2 Å². The molecule has 0 spiro atoms. The number of hydrogen-bond donors (Lipinski definition) is 2. The molecule has 3 N–H and O–H groups in total. The average Bonchev–Trinajstić information content (AvgIpc) is 2.48. The van der Waals surface area contributed by atoms with Gasteiger partial charge in [-0.3, -0.25) is 4.98 Å². The predicted octanol–water partition coefficient (Wildman–Crippen LogP) is 1.24. The van der Waals surface area contributed by atoms with Crippen molar-refractivity contribution in [2.45, 2.75) is 11.3 Å². The lowest BCUT2D eigenvalue weighted by Gasteiger charge is -2.07. The van der Waals surface area contributed by atoms with E-state index >= 15 is 0 Å². The van der Waals surface area contributed by atoms with Gasteiger partial charge in [-0.1, -0.05) is 42.5 Å². The second-order valence-electron chi connectivity index (χ2n) is 4.38. The molecule has 5 nitrogen and oxygen atoms in total. The van der Waals surface area contributed by atoms with E-state index in [4.69, 9.17) is 18.0 Å². The number of nitrogens with two attached hydrogens (primary N) is 1. The highest BCUT2D eigenvalue weighted by Gasteiger charge is 2.14. The first-order valence-corrected chi connectivity index (χ1v) is 8.17. The van der Waals surface area contributed by atoms with E-state index < -0.39 is 10.0 Å². The fraction of sp³-hybridized carbons (Fsp3) is 0.143. The Bertz CT molecular complexity index is 714. The van der Waals surface area contributed by atoms with Crippen molar-refractivity contribution in [1.29, 1.82) is 0 Å². The van der Waals surface area contributed by atoms with Crippen LogP contribution in [0, 0.1) is 0 Å². The molecule has 1 heterocycles. The number of hydrogen-bond acceptors (Lipinski definition) is 4. The van der Waals surface area contributed by atoms with Gasteiger partial charge in [0.15, 0.2) is 0 Å². The van der Waals surface area contributed by atoms with Gasteiger partial charge in [0.25, 0.3) is 0 Å². The minimum Gasteiger partial charge on any atom is -0.388 e. The maximum atomic E-state index is 12.1. The predicted molar refractivity (Wildman–Crippen MR) is 85.5 cm³/mol. The molecule has 0 bridgehead atoms. The van der Waals surface area contributed by atoms with Crippen LogP contribution in [-0.2, 0) is 16.4 Å². The zero-order valence-electron chi connectivity index (χ0n) is 11.2. The molecule has 2 rings (SSSR count). The van der Waals surface area contributed by atoms with E-state index in [0.717, 1.165) is 5.56 Å². The first-order chi connectivity index (χ1) is 9.99. The maximum Gasteiger partial charge on any atom is 0.242 e. The Morgan fingerprint density at radius 1 is 1.19 bits per heavy atom. The molecule has 0 aliphatic rings. The largest absolute Gasteiger partial charge is 0.388 e. The van der Waals surface area contributed by atoms with Crippen LogP contribution in [0.3, 0.4) is 0 Å². The van der Waals surface area contributed by atoms with Crippen LogP contribution in [0.15, 0.2) is 53.6 Å². The zero-order valence-corrected chi connectivity index (χ0v) is 12.8. The molecule has 21 heavy (non-hydrogen) atoms. The summed E-state index contributed by atoms with van der Waals surface area (Å²) in [6, 6.07) is 12.6. The van der Waals surface area contributed by atoms with E-state index in [1.165, 1.54) is 18.3 Å². The van der Waals surface area contributed by atoms with Gasteiger partial charge in [-0.2, -0.15) is 0 Å². The van der Waals surface area contributed by atoms with Gasteiger partial charge in [-0.05, 0) is 24.1 Å². The molecule has 0 unspecified atom stereocenters. The number of sulfonamides is 1. The quantitative estimate of drug-likeness (QED) is 0.782. The van der Waals surface area contributed by atoms with E-state index in [0.29, 0.717) is 18.7 Å². The first kappa shape index (κ1) is 15.6. The van der Waals surface area contributed by atoms with Gasteiger partial charge < -0.3 is 5.73 Å². The molecule has 1 aromatic heterocycles. The first-order valence-electron chi connectivity index (χ1n) is 6.28. The van der Waals surface area contributed by atoms with E-state index in [-0.39, 0.29) is 9.88 Å². The molecule has 0 saturated heterocycles. The molecule has 0 aliphatic carbocycles. The van der Waals surface area contributed by atoms with Gasteiger partial charge in [-0.15, -0.1) is 0 Å². The highest BCUT2D eigenvalue weighted by Crippen LogP contribution is 2.08. The monoisotopic (exact) mass is 321 g/mol. The number of nitrogens with zero attached hydrogens (tertiary/aromatic N) is 1. The van der Waals surface area contributed by atoms with Crippen molar-refractivity contribution in [3.63, 3.8) is 0 Å². The Labute approximate surface area is 129 Å². The van der Waals surface area contributed by atoms with E-state index in [1.54, 1.807) is 0 Å². The van der Waals surface area contributed by atoms with E-state index in [1.807, 2.05) is 30.3 Å². The van der Waals surface area contributed by atoms with Crippen molar-refractivity contribution in [3.8, 4) is 0 Å². The number of aromatic nitrogens is 1. The minimum atomic E-state index is -3.57. The molecule has 0 fully saturated rings. The summed E-state index contributed by atoms with van der Waals surface area (Å²) in [4.78, 5) is 4.15. The zero-order chi connectivity index (χ0) is 15.3. The fourth-order valence-electron chi connectivity index (χ4n) is 1.74. The van der Waals surface area contributed by atoms with Crippen molar-refractivity contribution in [2.75, 3.05) is 6.54 Å². The van der Waals surface area contributed by atoms with Crippen molar-refractivity contribution in [3.05, 3.63) is 59.9 Å². The summed E-state index contributed by atoms with van der Waals surface area (Å²) in [5, 5.41) is 0. The summed E-state index contributed by atoms with van der Waals surface area (Å²) in [6.07, 6.45) is 1.87. The molecule has 0 radical (unpaired) electrons. The third-order valence-electron chi connectivity index (χ3n) is 2.85. The van der Waals surface area contributed by atoms with E-state index in [9.17, 15) is 8.42 Å². The van der Waals surface area contributed by atoms with Gasteiger partial charge in [0.2, 0.25) is 10.0 Å². The summed E-state index contributed by atoms with van der Waals surface area (Å²) < 4.78 is 26.7. The van der Waals surface area contributed by atoms with Crippen LogP contribution in [0.1, 0.15) is 11.3 Å². The third kappa shape index (κ3) is 4.32. The smallest absolute Gasteiger partial charge is 0.242 e. The molecule has 110 valence electrons. The maximum absolute atomic E-state index is 12.1. The second-order valence-corrected chi connectivity index (χ2v) is 6.58. The van der Waals surface area contributed by atoms with Gasteiger partial charge >= 0.3 is 0 Å². The molecular formula is C14H15N3O2S2. The van der Waals surface area contributed by atoms with Crippen LogP contribution in [0.5, 0.6) is 0 Å².